The van der Waals surface area contributed by atoms with E-state index in [1.54, 1.807) is 6.92 Å². The predicted molar refractivity (Wildman–Crippen MR) is 83.7 cm³/mol. The Morgan fingerprint density at radius 2 is 1.62 bits per heavy atom. The van der Waals surface area contributed by atoms with Crippen LogP contribution in [0.3, 0.4) is 0 Å². The summed E-state index contributed by atoms with van der Waals surface area (Å²) in [4.78, 5) is 24.8. The van der Waals surface area contributed by atoms with Gasteiger partial charge < -0.3 is 18.9 Å². The molecular weight excluding hydrogens is 312 g/mol. The van der Waals surface area contributed by atoms with E-state index in [-0.39, 0.29) is 13.2 Å². The number of carbonyl (C=O) groups excluding carboxylic acids is 2. The van der Waals surface area contributed by atoms with E-state index < -0.39 is 29.6 Å². The van der Waals surface area contributed by atoms with Crippen molar-refractivity contribution in [1.29, 1.82) is 0 Å². The van der Waals surface area contributed by atoms with E-state index >= 15 is 0 Å². The lowest BCUT2D eigenvalue weighted by Crippen LogP contribution is -2.28. The maximum atomic E-state index is 12.5. The normalized spacial score (nSPS) is 24.9. The van der Waals surface area contributed by atoms with Crippen LogP contribution >= 0.6 is 0 Å². The van der Waals surface area contributed by atoms with Crippen LogP contribution in [-0.2, 0) is 35.1 Å². The van der Waals surface area contributed by atoms with E-state index in [2.05, 4.69) is 0 Å². The number of benzene rings is 1. The average Bonchev–Trinajstić information content (AvgIpc) is 3.21. The van der Waals surface area contributed by atoms with Crippen molar-refractivity contribution < 1.29 is 28.5 Å². The van der Waals surface area contributed by atoms with Crippen LogP contribution in [0, 0.1) is 11.8 Å². The predicted octanol–water partition coefficient (Wildman–Crippen LogP) is 2.06. The summed E-state index contributed by atoms with van der Waals surface area (Å²) in [5.41, 5.74) is 0.902. The molecule has 1 aliphatic heterocycles. The van der Waals surface area contributed by atoms with Crippen LogP contribution in [0.1, 0.15) is 25.3 Å². The lowest BCUT2D eigenvalue weighted by atomic mass is 9.96. The van der Waals surface area contributed by atoms with Gasteiger partial charge in [0, 0.05) is 12.8 Å². The van der Waals surface area contributed by atoms with Gasteiger partial charge in [-0.1, -0.05) is 30.3 Å². The van der Waals surface area contributed by atoms with Crippen LogP contribution in [0.5, 0.6) is 0 Å². The topological polar surface area (TPSA) is 71.1 Å². The van der Waals surface area contributed by atoms with E-state index in [1.165, 1.54) is 0 Å². The van der Waals surface area contributed by atoms with E-state index in [9.17, 15) is 9.59 Å². The Bertz CT molecular complexity index is 578. The highest BCUT2D eigenvalue weighted by Crippen LogP contribution is 2.45. The number of esters is 2. The highest BCUT2D eigenvalue weighted by Gasteiger charge is 2.55. The first-order valence-corrected chi connectivity index (χ1v) is 8.29. The van der Waals surface area contributed by atoms with Crippen LogP contribution in [0.2, 0.25) is 0 Å². The monoisotopic (exact) mass is 334 g/mol. The molecule has 0 bridgehead atoms. The SMILES string of the molecule is CCOC(=O)[C@H]1CC2(C[C@@H]1C(=O)OCc1ccccc1)OCCO2. The molecule has 1 aromatic rings. The molecular formula is C18H22O6. The zero-order chi connectivity index (χ0) is 17.0. The van der Waals surface area contributed by atoms with Gasteiger partial charge in [-0.3, -0.25) is 9.59 Å². The van der Waals surface area contributed by atoms with E-state index in [0.29, 0.717) is 26.1 Å². The smallest absolute Gasteiger partial charge is 0.310 e. The van der Waals surface area contributed by atoms with Crippen molar-refractivity contribution in [1.82, 2.24) is 0 Å². The van der Waals surface area contributed by atoms with Gasteiger partial charge in [0.1, 0.15) is 6.61 Å². The fourth-order valence-electron chi connectivity index (χ4n) is 3.35. The molecule has 1 saturated heterocycles. The molecule has 0 amide bonds. The third-order valence-electron chi connectivity index (χ3n) is 4.48. The number of carbonyl (C=O) groups is 2. The van der Waals surface area contributed by atoms with Gasteiger partial charge in [0.2, 0.25) is 0 Å². The van der Waals surface area contributed by atoms with Gasteiger partial charge in [-0.05, 0) is 12.5 Å². The molecule has 2 fully saturated rings. The fourth-order valence-corrected chi connectivity index (χ4v) is 3.35. The summed E-state index contributed by atoms with van der Waals surface area (Å²) in [7, 11) is 0. The van der Waals surface area contributed by atoms with Crippen LogP contribution in [-0.4, -0.2) is 37.5 Å². The van der Waals surface area contributed by atoms with Crippen molar-refractivity contribution in [3.8, 4) is 0 Å². The van der Waals surface area contributed by atoms with Gasteiger partial charge >= 0.3 is 11.9 Å². The average molecular weight is 334 g/mol. The van der Waals surface area contributed by atoms with Crippen molar-refractivity contribution in [3.05, 3.63) is 35.9 Å². The first kappa shape index (κ1) is 16.9. The van der Waals surface area contributed by atoms with Gasteiger partial charge in [-0.2, -0.15) is 0 Å². The number of hydrogen-bond acceptors (Lipinski definition) is 6. The molecule has 2 aliphatic rings. The molecule has 0 unspecified atom stereocenters. The molecule has 1 aromatic carbocycles. The summed E-state index contributed by atoms with van der Waals surface area (Å²) < 4.78 is 21.9. The summed E-state index contributed by atoms with van der Waals surface area (Å²) in [6, 6.07) is 9.44. The van der Waals surface area contributed by atoms with Gasteiger partial charge in [0.15, 0.2) is 5.79 Å². The molecule has 3 rings (SSSR count). The second kappa shape index (κ2) is 7.32. The summed E-state index contributed by atoms with van der Waals surface area (Å²) in [5.74, 6) is -2.85. The third kappa shape index (κ3) is 3.60. The van der Waals surface area contributed by atoms with Crippen molar-refractivity contribution in [2.45, 2.75) is 32.2 Å². The first-order valence-electron chi connectivity index (χ1n) is 8.29. The lowest BCUT2D eigenvalue weighted by Gasteiger charge is -2.21. The van der Waals surface area contributed by atoms with Crippen molar-refractivity contribution >= 4 is 11.9 Å². The molecule has 2 atom stereocenters. The Morgan fingerprint density at radius 3 is 2.21 bits per heavy atom. The lowest BCUT2D eigenvalue weighted by molar-refractivity contribution is -0.163. The second-order valence-electron chi connectivity index (χ2n) is 6.07. The zero-order valence-corrected chi connectivity index (χ0v) is 13.7. The molecule has 0 N–H and O–H groups in total. The Morgan fingerprint density at radius 1 is 1.04 bits per heavy atom. The number of rotatable bonds is 5. The summed E-state index contributed by atoms with van der Waals surface area (Å²) >= 11 is 0. The minimum Gasteiger partial charge on any atom is -0.466 e. The van der Waals surface area contributed by atoms with Gasteiger partial charge in [-0.15, -0.1) is 0 Å². The Labute approximate surface area is 141 Å². The summed E-state index contributed by atoms with van der Waals surface area (Å²) in [6.45, 7) is 3.15. The quantitative estimate of drug-likeness (QED) is 0.768. The third-order valence-corrected chi connectivity index (χ3v) is 4.48. The van der Waals surface area contributed by atoms with Crippen LogP contribution in [0.15, 0.2) is 30.3 Å². The number of ether oxygens (including phenoxy) is 4. The molecule has 0 aromatic heterocycles. The summed E-state index contributed by atoms with van der Waals surface area (Å²) in [5, 5.41) is 0. The minimum atomic E-state index is -0.853. The second-order valence-corrected chi connectivity index (χ2v) is 6.07. The highest BCUT2D eigenvalue weighted by atomic mass is 16.7. The van der Waals surface area contributed by atoms with E-state index in [0.717, 1.165) is 5.56 Å². The van der Waals surface area contributed by atoms with Crippen molar-refractivity contribution in [2.75, 3.05) is 19.8 Å². The van der Waals surface area contributed by atoms with Crippen molar-refractivity contribution in [3.63, 3.8) is 0 Å². The fraction of sp³-hybridized carbons (Fsp3) is 0.556. The van der Waals surface area contributed by atoms with E-state index in [4.69, 9.17) is 18.9 Å². The van der Waals surface area contributed by atoms with Crippen LogP contribution in [0.25, 0.3) is 0 Å². The van der Waals surface area contributed by atoms with E-state index in [1.807, 2.05) is 30.3 Å². The highest BCUT2D eigenvalue weighted by molar-refractivity contribution is 5.83. The molecule has 6 nitrogen and oxygen atoms in total. The maximum Gasteiger partial charge on any atom is 0.310 e. The number of hydrogen-bond donors (Lipinski definition) is 0. The zero-order valence-electron chi connectivity index (χ0n) is 13.7. The first-order chi connectivity index (χ1) is 11.6. The maximum absolute atomic E-state index is 12.5. The van der Waals surface area contributed by atoms with Gasteiger partial charge in [0.25, 0.3) is 0 Å². The molecule has 6 heteroatoms. The van der Waals surface area contributed by atoms with Gasteiger partial charge in [0.05, 0.1) is 31.7 Å². The van der Waals surface area contributed by atoms with Gasteiger partial charge in [-0.25, -0.2) is 0 Å². The molecule has 1 spiro atoms. The Kier molecular flexibility index (Phi) is 5.16. The van der Waals surface area contributed by atoms with Crippen LogP contribution < -0.4 is 0 Å². The summed E-state index contributed by atoms with van der Waals surface area (Å²) in [6.07, 6.45) is 0.654. The molecule has 1 saturated carbocycles. The van der Waals surface area contributed by atoms with Crippen LogP contribution in [0.4, 0.5) is 0 Å². The van der Waals surface area contributed by atoms with Crippen molar-refractivity contribution in [2.24, 2.45) is 11.8 Å². The Hall–Kier alpha value is -1.92. The molecule has 1 heterocycles. The standard InChI is InChI=1S/C18H22O6/c1-2-21-16(19)14-10-18(23-8-9-24-18)11-15(14)17(20)22-12-13-6-4-3-5-7-13/h3-7,14-15H,2,8-12H2,1H3/t14-,15-/m0/s1. The molecule has 24 heavy (non-hydrogen) atoms. The molecule has 1 aliphatic carbocycles. The minimum absolute atomic E-state index is 0.181. The largest absolute Gasteiger partial charge is 0.466 e. The molecule has 0 radical (unpaired) electrons. The Balaban J connectivity index is 1.68. The molecule has 130 valence electrons.